The highest BCUT2D eigenvalue weighted by molar-refractivity contribution is 8.03. The Morgan fingerprint density at radius 3 is 2.70 bits per heavy atom. The van der Waals surface area contributed by atoms with E-state index in [0.717, 1.165) is 5.03 Å². The van der Waals surface area contributed by atoms with E-state index in [4.69, 9.17) is 0 Å². The van der Waals surface area contributed by atoms with Crippen LogP contribution >= 0.6 is 11.8 Å². The summed E-state index contributed by atoms with van der Waals surface area (Å²) >= 11 is 1.76. The van der Waals surface area contributed by atoms with Crippen molar-refractivity contribution in [1.29, 1.82) is 0 Å². The Balaban J connectivity index is 0.00000256. The van der Waals surface area contributed by atoms with Crippen LogP contribution < -0.4 is 26.4 Å². The van der Waals surface area contributed by atoms with Crippen molar-refractivity contribution in [2.24, 2.45) is 0 Å². The highest BCUT2D eigenvalue weighted by Crippen LogP contribution is 2.46. The number of aliphatic hydroxyl groups is 1. The Labute approximate surface area is 193 Å². The summed E-state index contributed by atoms with van der Waals surface area (Å²) in [7, 11) is 0. The van der Waals surface area contributed by atoms with Gasteiger partial charge < -0.3 is 27.0 Å². The Hall–Kier alpha value is -2.08. The van der Waals surface area contributed by atoms with Gasteiger partial charge in [0.05, 0.1) is 22.7 Å². The number of hydrogen-bond acceptors (Lipinski definition) is 3. The van der Waals surface area contributed by atoms with Crippen molar-refractivity contribution in [3.05, 3.63) is 83.0 Å². The molecule has 0 bridgehead atoms. The average Bonchev–Trinajstić information content (AvgIpc) is 3.04. The van der Waals surface area contributed by atoms with Crippen LogP contribution in [0.15, 0.2) is 76.8 Å². The van der Waals surface area contributed by atoms with Gasteiger partial charge in [-0.2, -0.15) is 4.57 Å². The molecular weight excluding hydrogens is 456 g/mol. The van der Waals surface area contributed by atoms with E-state index in [2.05, 4.69) is 103 Å². The SMILES string of the molecule is Cc1ccc2c(c1)SC(=CC=Cc1cc[n+](C(C)C)c3ccccc13)N2CCO.[Br-]. The number of allylic oxidation sites excluding steroid dienone is 2. The summed E-state index contributed by atoms with van der Waals surface area (Å²) in [6.45, 7) is 7.26. The van der Waals surface area contributed by atoms with Crippen LogP contribution in [0.3, 0.4) is 0 Å². The van der Waals surface area contributed by atoms with E-state index in [-0.39, 0.29) is 23.6 Å². The third kappa shape index (κ3) is 4.48. The summed E-state index contributed by atoms with van der Waals surface area (Å²) in [4.78, 5) is 3.45. The first-order valence-electron chi connectivity index (χ1n) is 10.1. The van der Waals surface area contributed by atoms with Gasteiger partial charge in [-0.3, -0.25) is 0 Å². The van der Waals surface area contributed by atoms with Gasteiger partial charge in [0, 0.05) is 23.6 Å². The molecule has 5 heteroatoms. The predicted octanol–water partition coefficient (Wildman–Crippen LogP) is 2.48. The standard InChI is InChI=1S/C25H27N2OS.BrH/c1-18(2)26-14-13-20(21-8-4-5-9-22(21)26)7-6-10-25-27(15-16-28)23-12-11-19(3)17-24(23)29-25;/h4-14,17-18,28H,15-16H2,1-3H3;1H/q+1;/p-1. The van der Waals surface area contributed by atoms with Crippen LogP contribution in [0.1, 0.15) is 31.0 Å². The van der Waals surface area contributed by atoms with Gasteiger partial charge in [0.15, 0.2) is 12.2 Å². The molecule has 0 saturated heterocycles. The fraction of sp³-hybridized carbons (Fsp3) is 0.240. The van der Waals surface area contributed by atoms with Crippen LogP contribution in [-0.4, -0.2) is 18.3 Å². The first-order valence-corrected chi connectivity index (χ1v) is 10.9. The molecule has 0 unspecified atom stereocenters. The zero-order chi connectivity index (χ0) is 20.4. The summed E-state index contributed by atoms with van der Waals surface area (Å²) in [5.41, 5.74) is 4.89. The van der Waals surface area contributed by atoms with E-state index in [1.165, 1.54) is 32.6 Å². The number of fused-ring (bicyclic) bond motifs is 2. The molecule has 0 amide bonds. The quantitative estimate of drug-likeness (QED) is 0.566. The largest absolute Gasteiger partial charge is 1.00 e. The molecule has 0 aliphatic carbocycles. The monoisotopic (exact) mass is 482 g/mol. The normalized spacial score (nSPS) is 14.7. The fourth-order valence-corrected chi connectivity index (χ4v) is 4.97. The van der Waals surface area contributed by atoms with E-state index < -0.39 is 0 Å². The molecular formula is C25H27BrN2OS. The topological polar surface area (TPSA) is 27.4 Å². The van der Waals surface area contributed by atoms with Crippen molar-refractivity contribution >= 4 is 34.4 Å². The van der Waals surface area contributed by atoms with Crippen LogP contribution in [0.2, 0.25) is 0 Å². The van der Waals surface area contributed by atoms with Gasteiger partial charge in [0.25, 0.3) is 0 Å². The lowest BCUT2D eigenvalue weighted by molar-refractivity contribution is -0.691. The highest BCUT2D eigenvalue weighted by Gasteiger charge is 2.24. The van der Waals surface area contributed by atoms with Gasteiger partial charge in [0.1, 0.15) is 0 Å². The molecule has 0 radical (unpaired) electrons. The van der Waals surface area contributed by atoms with Gasteiger partial charge in [-0.1, -0.05) is 42.1 Å². The smallest absolute Gasteiger partial charge is 0.213 e. The molecule has 2 aromatic carbocycles. The number of aliphatic hydroxyl groups excluding tert-OH is 1. The zero-order valence-electron chi connectivity index (χ0n) is 17.5. The molecule has 156 valence electrons. The van der Waals surface area contributed by atoms with Crippen LogP contribution in [0.4, 0.5) is 5.69 Å². The Morgan fingerprint density at radius 2 is 1.93 bits per heavy atom. The molecule has 30 heavy (non-hydrogen) atoms. The lowest BCUT2D eigenvalue weighted by Gasteiger charge is -2.18. The molecule has 1 aliphatic heterocycles. The van der Waals surface area contributed by atoms with Crippen LogP contribution in [0, 0.1) is 6.92 Å². The number of benzene rings is 2. The summed E-state index contributed by atoms with van der Waals surface area (Å²) in [6, 6.07) is 17.6. The number of aromatic nitrogens is 1. The average molecular weight is 483 g/mol. The first-order chi connectivity index (χ1) is 14.1. The third-order valence-electron chi connectivity index (χ3n) is 5.19. The molecule has 3 nitrogen and oxygen atoms in total. The molecule has 0 saturated carbocycles. The molecule has 0 fully saturated rings. The van der Waals surface area contributed by atoms with Gasteiger partial charge >= 0.3 is 0 Å². The lowest BCUT2D eigenvalue weighted by Crippen LogP contribution is -3.00. The molecule has 1 aliphatic rings. The number of anilines is 1. The number of hydrogen-bond donors (Lipinski definition) is 1. The second kappa shape index (κ2) is 9.82. The van der Waals surface area contributed by atoms with Crippen molar-refractivity contribution in [3.63, 3.8) is 0 Å². The summed E-state index contributed by atoms with van der Waals surface area (Å²) < 4.78 is 2.31. The first kappa shape index (κ1) is 22.6. The number of nitrogens with zero attached hydrogens (tertiary/aromatic N) is 2. The second-order valence-corrected chi connectivity index (χ2v) is 8.66. The van der Waals surface area contributed by atoms with Gasteiger partial charge in [-0.05, 0) is 56.2 Å². The van der Waals surface area contributed by atoms with E-state index in [9.17, 15) is 5.11 Å². The third-order valence-corrected chi connectivity index (χ3v) is 6.30. The van der Waals surface area contributed by atoms with E-state index in [0.29, 0.717) is 12.6 Å². The molecule has 0 spiro atoms. The van der Waals surface area contributed by atoms with E-state index in [1.807, 2.05) is 0 Å². The molecule has 1 aromatic heterocycles. The minimum atomic E-state index is 0. The Bertz CT molecular complexity index is 1110. The number of rotatable bonds is 5. The van der Waals surface area contributed by atoms with Crippen LogP contribution in [0.5, 0.6) is 0 Å². The van der Waals surface area contributed by atoms with Crippen molar-refractivity contribution in [3.8, 4) is 0 Å². The lowest BCUT2D eigenvalue weighted by atomic mass is 10.1. The number of thioether (sulfide) groups is 1. The van der Waals surface area contributed by atoms with Crippen molar-refractivity contribution in [2.75, 3.05) is 18.1 Å². The minimum absolute atomic E-state index is 0. The minimum Gasteiger partial charge on any atom is -1.00 e. The van der Waals surface area contributed by atoms with Crippen molar-refractivity contribution in [2.45, 2.75) is 31.7 Å². The van der Waals surface area contributed by atoms with E-state index in [1.54, 1.807) is 11.8 Å². The zero-order valence-corrected chi connectivity index (χ0v) is 20.0. The van der Waals surface area contributed by atoms with Crippen LogP contribution in [0.25, 0.3) is 17.0 Å². The van der Waals surface area contributed by atoms with Gasteiger partial charge in [0.2, 0.25) is 5.52 Å². The maximum Gasteiger partial charge on any atom is 0.213 e. The number of pyridine rings is 1. The number of halogens is 1. The van der Waals surface area contributed by atoms with E-state index >= 15 is 0 Å². The van der Waals surface area contributed by atoms with Crippen LogP contribution in [-0.2, 0) is 0 Å². The second-order valence-electron chi connectivity index (χ2n) is 7.60. The van der Waals surface area contributed by atoms with Gasteiger partial charge in [-0.15, -0.1) is 0 Å². The summed E-state index contributed by atoms with van der Waals surface area (Å²) in [6.07, 6.45) is 8.60. The number of para-hydroxylation sites is 1. The molecule has 0 atom stereocenters. The fourth-order valence-electron chi connectivity index (χ4n) is 3.77. The maximum atomic E-state index is 9.52. The Kier molecular flexibility index (Phi) is 7.40. The summed E-state index contributed by atoms with van der Waals surface area (Å²) in [5, 5.41) is 11.9. The molecule has 3 aromatic rings. The van der Waals surface area contributed by atoms with Crippen molar-refractivity contribution < 1.29 is 26.7 Å². The predicted molar refractivity (Wildman–Crippen MR) is 123 cm³/mol. The molecule has 1 N–H and O–H groups in total. The highest BCUT2D eigenvalue weighted by atomic mass is 79.9. The van der Waals surface area contributed by atoms with Gasteiger partial charge in [-0.25, -0.2) is 0 Å². The van der Waals surface area contributed by atoms with Crippen molar-refractivity contribution in [1.82, 2.24) is 0 Å². The maximum absolute atomic E-state index is 9.52. The number of aryl methyl sites for hydroxylation is 1. The molecule has 2 heterocycles. The number of β-amino-alcohol motifs (C(OH)–C–C–N with tert-alkyl or cyclic N) is 1. The molecule has 4 rings (SSSR count). The Morgan fingerprint density at radius 1 is 1.13 bits per heavy atom. The summed E-state index contributed by atoms with van der Waals surface area (Å²) in [5.74, 6) is 0.